The molecule has 0 saturated carbocycles. The number of fused-ring (bicyclic) bond motifs is 1. The predicted octanol–water partition coefficient (Wildman–Crippen LogP) is 5.08. The number of aldehydes is 1. The molecule has 0 fully saturated rings. The molecule has 0 unspecified atom stereocenters. The van der Waals surface area contributed by atoms with Crippen LogP contribution in [-0.4, -0.2) is 12.1 Å². The van der Waals surface area contributed by atoms with Gasteiger partial charge < -0.3 is 4.42 Å². The van der Waals surface area contributed by atoms with E-state index in [1.165, 1.54) is 0 Å². The number of hydrogen-bond acceptors (Lipinski definition) is 3. The molecule has 0 radical (unpaired) electrons. The Bertz CT molecular complexity index is 893. The molecule has 0 N–H and O–H groups in total. The monoisotopic (exact) mass is 326 g/mol. The maximum atomic E-state index is 13.0. The number of rotatable bonds is 5. The van der Waals surface area contributed by atoms with E-state index in [2.05, 4.69) is 0 Å². The normalized spacial score (nSPS) is 10.9. The third-order valence-electron chi connectivity index (χ3n) is 3.74. The lowest BCUT2D eigenvalue weighted by atomic mass is 9.98. The fraction of sp³-hybridized carbons (Fsp3) is 0.158. The first-order valence-corrected chi connectivity index (χ1v) is 7.83. The number of aryl methyl sites for hydroxylation is 1. The van der Waals surface area contributed by atoms with Gasteiger partial charge in [-0.3, -0.25) is 9.59 Å². The summed E-state index contributed by atoms with van der Waals surface area (Å²) in [4.78, 5) is 24.1. The summed E-state index contributed by atoms with van der Waals surface area (Å²) in [6.45, 7) is 2.02. The lowest BCUT2D eigenvalue weighted by Crippen LogP contribution is -2.04. The fourth-order valence-electron chi connectivity index (χ4n) is 2.67. The van der Waals surface area contributed by atoms with Crippen molar-refractivity contribution >= 4 is 34.6 Å². The van der Waals surface area contributed by atoms with Crippen molar-refractivity contribution in [1.29, 1.82) is 0 Å². The van der Waals surface area contributed by atoms with Crippen LogP contribution in [0, 0.1) is 0 Å². The summed E-state index contributed by atoms with van der Waals surface area (Å²) >= 11 is 6.17. The van der Waals surface area contributed by atoms with Crippen molar-refractivity contribution in [1.82, 2.24) is 0 Å². The second kappa shape index (κ2) is 6.39. The van der Waals surface area contributed by atoms with Gasteiger partial charge in [0.05, 0.1) is 10.6 Å². The minimum Gasteiger partial charge on any atom is -0.460 e. The van der Waals surface area contributed by atoms with Crippen LogP contribution in [0.2, 0.25) is 5.02 Å². The van der Waals surface area contributed by atoms with Gasteiger partial charge in [0.1, 0.15) is 17.6 Å². The van der Waals surface area contributed by atoms with Crippen molar-refractivity contribution in [3.05, 3.63) is 69.9 Å². The topological polar surface area (TPSA) is 47.3 Å². The van der Waals surface area contributed by atoms with E-state index in [1.54, 1.807) is 42.5 Å². The van der Waals surface area contributed by atoms with E-state index in [0.717, 1.165) is 12.7 Å². The molecule has 1 aromatic heterocycles. The summed E-state index contributed by atoms with van der Waals surface area (Å²) < 4.78 is 5.84. The van der Waals surface area contributed by atoms with Gasteiger partial charge in [0.15, 0.2) is 5.78 Å². The first kappa shape index (κ1) is 15.5. The first-order chi connectivity index (χ1) is 11.2. The highest BCUT2D eigenvalue weighted by atomic mass is 35.5. The van der Waals surface area contributed by atoms with Crippen LogP contribution < -0.4 is 0 Å². The molecule has 0 bridgehead atoms. The van der Waals surface area contributed by atoms with Gasteiger partial charge in [-0.15, -0.1) is 0 Å². The third kappa shape index (κ3) is 2.80. The van der Waals surface area contributed by atoms with E-state index in [-0.39, 0.29) is 5.78 Å². The summed E-state index contributed by atoms with van der Waals surface area (Å²) in [7, 11) is 0. The largest absolute Gasteiger partial charge is 0.460 e. The van der Waals surface area contributed by atoms with Crippen molar-refractivity contribution in [3.63, 3.8) is 0 Å². The number of furan rings is 1. The van der Waals surface area contributed by atoms with Crippen LogP contribution >= 0.6 is 11.6 Å². The predicted molar refractivity (Wildman–Crippen MR) is 90.5 cm³/mol. The third-order valence-corrected chi connectivity index (χ3v) is 4.07. The molecule has 0 aliphatic rings. The van der Waals surface area contributed by atoms with Gasteiger partial charge in [-0.25, -0.2) is 0 Å². The summed E-state index contributed by atoms with van der Waals surface area (Å²) in [6.07, 6.45) is 2.26. The molecule has 0 spiro atoms. The van der Waals surface area contributed by atoms with E-state index in [1.807, 2.05) is 6.92 Å². The van der Waals surface area contributed by atoms with Gasteiger partial charge in [0.2, 0.25) is 0 Å². The standard InChI is InChI=1S/C19H15ClO3/c1-2-5-17-18(19(22)13-6-3-4-7-15(13)20)14-10-12(11-21)8-9-16(14)23-17/h3-4,6-11H,2,5H2,1H3. The lowest BCUT2D eigenvalue weighted by Gasteiger charge is -2.04. The number of carbonyl (C=O) groups excluding carboxylic acids is 2. The number of benzene rings is 2. The van der Waals surface area contributed by atoms with Gasteiger partial charge in [-0.05, 0) is 36.8 Å². The van der Waals surface area contributed by atoms with Crippen LogP contribution in [0.1, 0.15) is 45.4 Å². The van der Waals surface area contributed by atoms with E-state index in [9.17, 15) is 9.59 Å². The average Bonchev–Trinajstić information content (AvgIpc) is 2.92. The van der Waals surface area contributed by atoms with Gasteiger partial charge in [0, 0.05) is 22.9 Å². The molecule has 0 aliphatic carbocycles. The molecule has 23 heavy (non-hydrogen) atoms. The van der Waals surface area contributed by atoms with Gasteiger partial charge in [-0.2, -0.15) is 0 Å². The van der Waals surface area contributed by atoms with E-state index < -0.39 is 0 Å². The van der Waals surface area contributed by atoms with Gasteiger partial charge in [-0.1, -0.05) is 30.7 Å². The van der Waals surface area contributed by atoms with E-state index >= 15 is 0 Å². The van der Waals surface area contributed by atoms with Crippen LogP contribution in [0.5, 0.6) is 0 Å². The Morgan fingerprint density at radius 3 is 2.70 bits per heavy atom. The molecule has 116 valence electrons. The highest BCUT2D eigenvalue weighted by molar-refractivity contribution is 6.35. The summed E-state index contributed by atoms with van der Waals surface area (Å²) in [5.74, 6) is 0.455. The molecule has 3 aromatic rings. The second-order valence-corrected chi connectivity index (χ2v) is 5.74. The lowest BCUT2D eigenvalue weighted by molar-refractivity contribution is 0.103. The van der Waals surface area contributed by atoms with Crippen molar-refractivity contribution in [2.75, 3.05) is 0 Å². The van der Waals surface area contributed by atoms with Crippen LogP contribution in [-0.2, 0) is 6.42 Å². The minimum absolute atomic E-state index is 0.180. The molecule has 0 amide bonds. The Balaban J connectivity index is 2.25. The highest BCUT2D eigenvalue weighted by Gasteiger charge is 2.23. The molecule has 1 heterocycles. The Morgan fingerprint density at radius 1 is 1.22 bits per heavy atom. The quantitative estimate of drug-likeness (QED) is 0.485. The molecule has 4 heteroatoms. The molecule has 2 aromatic carbocycles. The summed E-state index contributed by atoms with van der Waals surface area (Å²) in [5, 5.41) is 1.06. The molecule has 3 rings (SSSR count). The van der Waals surface area contributed by atoms with Crippen molar-refractivity contribution in [2.24, 2.45) is 0 Å². The van der Waals surface area contributed by atoms with Crippen molar-refractivity contribution in [2.45, 2.75) is 19.8 Å². The first-order valence-electron chi connectivity index (χ1n) is 7.45. The maximum Gasteiger partial charge on any atom is 0.198 e. The highest BCUT2D eigenvalue weighted by Crippen LogP contribution is 2.31. The Labute approximate surface area is 138 Å². The summed E-state index contributed by atoms with van der Waals surface area (Å²) in [6, 6.07) is 12.0. The number of hydrogen-bond donors (Lipinski definition) is 0. The zero-order valence-electron chi connectivity index (χ0n) is 12.6. The zero-order chi connectivity index (χ0) is 16.4. The maximum absolute atomic E-state index is 13.0. The number of ketones is 1. The Hall–Kier alpha value is -2.39. The van der Waals surface area contributed by atoms with Gasteiger partial charge in [0.25, 0.3) is 0 Å². The SMILES string of the molecule is CCCc1oc2ccc(C=O)cc2c1C(=O)c1ccccc1Cl. The number of carbonyl (C=O) groups is 2. The van der Waals surface area contributed by atoms with E-state index in [0.29, 0.717) is 44.9 Å². The second-order valence-electron chi connectivity index (χ2n) is 5.33. The molecule has 0 atom stereocenters. The van der Waals surface area contributed by atoms with Crippen LogP contribution in [0.3, 0.4) is 0 Å². The Kier molecular flexibility index (Phi) is 4.30. The van der Waals surface area contributed by atoms with Crippen LogP contribution in [0.15, 0.2) is 46.9 Å². The molecule has 0 aliphatic heterocycles. The number of halogens is 1. The minimum atomic E-state index is -0.180. The van der Waals surface area contributed by atoms with Gasteiger partial charge >= 0.3 is 0 Å². The molecular formula is C19H15ClO3. The smallest absolute Gasteiger partial charge is 0.198 e. The van der Waals surface area contributed by atoms with Crippen LogP contribution in [0.4, 0.5) is 0 Å². The van der Waals surface area contributed by atoms with E-state index in [4.69, 9.17) is 16.0 Å². The fourth-order valence-corrected chi connectivity index (χ4v) is 2.89. The van der Waals surface area contributed by atoms with Crippen LogP contribution in [0.25, 0.3) is 11.0 Å². The van der Waals surface area contributed by atoms with Crippen molar-refractivity contribution in [3.8, 4) is 0 Å². The molecule has 0 saturated heterocycles. The summed E-state index contributed by atoms with van der Waals surface area (Å²) in [5.41, 5.74) is 2.05. The average molecular weight is 327 g/mol. The zero-order valence-corrected chi connectivity index (χ0v) is 13.4. The molecule has 3 nitrogen and oxygen atoms in total. The Morgan fingerprint density at radius 2 is 2.00 bits per heavy atom. The molecular weight excluding hydrogens is 312 g/mol. The van der Waals surface area contributed by atoms with Crippen molar-refractivity contribution < 1.29 is 14.0 Å².